The van der Waals surface area contributed by atoms with E-state index in [4.69, 9.17) is 11.6 Å². The van der Waals surface area contributed by atoms with Gasteiger partial charge in [-0.2, -0.15) is 0 Å². The Morgan fingerprint density at radius 2 is 1.91 bits per heavy atom. The molecular formula is C18H21ClN2O. The number of rotatable bonds is 7. The van der Waals surface area contributed by atoms with E-state index in [9.17, 15) is 4.79 Å². The summed E-state index contributed by atoms with van der Waals surface area (Å²) in [5.41, 5.74) is 3.00. The van der Waals surface area contributed by atoms with Gasteiger partial charge in [-0.25, -0.2) is 0 Å². The number of carbonyl (C=O) groups excluding carboxylic acids is 1. The fourth-order valence-corrected chi connectivity index (χ4v) is 2.43. The summed E-state index contributed by atoms with van der Waals surface area (Å²) in [6.07, 6.45) is 2.22. The molecule has 0 aliphatic carbocycles. The molecule has 0 spiro atoms. The number of anilines is 1. The summed E-state index contributed by atoms with van der Waals surface area (Å²) in [6.45, 7) is 3.41. The van der Waals surface area contributed by atoms with Crippen LogP contribution in [0.3, 0.4) is 0 Å². The predicted molar refractivity (Wildman–Crippen MR) is 92.7 cm³/mol. The molecule has 1 amide bonds. The third kappa shape index (κ3) is 5.08. The average Bonchev–Trinajstić information content (AvgIpc) is 2.52. The largest absolute Gasteiger partial charge is 0.383 e. The minimum Gasteiger partial charge on any atom is -0.383 e. The van der Waals surface area contributed by atoms with Crippen molar-refractivity contribution in [1.29, 1.82) is 0 Å². The summed E-state index contributed by atoms with van der Waals surface area (Å²) < 4.78 is 0. The van der Waals surface area contributed by atoms with Crippen LogP contribution in [0.4, 0.5) is 5.69 Å². The molecule has 2 aromatic carbocycles. The van der Waals surface area contributed by atoms with Gasteiger partial charge in [-0.15, -0.1) is 0 Å². The Hall–Kier alpha value is -2.00. The van der Waals surface area contributed by atoms with E-state index < -0.39 is 0 Å². The van der Waals surface area contributed by atoms with Crippen molar-refractivity contribution < 1.29 is 4.79 Å². The van der Waals surface area contributed by atoms with E-state index in [-0.39, 0.29) is 5.91 Å². The van der Waals surface area contributed by atoms with E-state index in [1.165, 1.54) is 5.56 Å². The van der Waals surface area contributed by atoms with Gasteiger partial charge in [0.2, 0.25) is 0 Å². The van der Waals surface area contributed by atoms with Crippen LogP contribution in [0.2, 0.25) is 5.02 Å². The molecule has 0 fully saturated rings. The number of hydrogen-bond donors (Lipinski definition) is 2. The van der Waals surface area contributed by atoms with Crippen molar-refractivity contribution in [3.8, 4) is 0 Å². The summed E-state index contributed by atoms with van der Waals surface area (Å²) in [7, 11) is 0. The first kappa shape index (κ1) is 16.4. The van der Waals surface area contributed by atoms with E-state index in [0.717, 1.165) is 18.5 Å². The second kappa shape index (κ2) is 8.44. The van der Waals surface area contributed by atoms with E-state index in [1.807, 2.05) is 6.07 Å². The van der Waals surface area contributed by atoms with Crippen LogP contribution in [0.15, 0.2) is 48.5 Å². The van der Waals surface area contributed by atoms with E-state index in [0.29, 0.717) is 23.7 Å². The van der Waals surface area contributed by atoms with Crippen molar-refractivity contribution in [2.24, 2.45) is 0 Å². The molecule has 116 valence electrons. The van der Waals surface area contributed by atoms with Gasteiger partial charge >= 0.3 is 0 Å². The summed E-state index contributed by atoms with van der Waals surface area (Å²) in [5, 5.41) is 6.77. The number of amides is 1. The Morgan fingerprint density at radius 1 is 1.09 bits per heavy atom. The van der Waals surface area contributed by atoms with E-state index in [1.54, 1.807) is 24.3 Å². The van der Waals surface area contributed by atoms with Crippen LogP contribution in [0.1, 0.15) is 29.3 Å². The Kier molecular flexibility index (Phi) is 6.28. The van der Waals surface area contributed by atoms with E-state index >= 15 is 0 Å². The molecule has 0 atom stereocenters. The van der Waals surface area contributed by atoms with Gasteiger partial charge in [0.05, 0.1) is 0 Å². The first-order valence-corrected chi connectivity index (χ1v) is 7.93. The molecule has 3 nitrogen and oxygen atoms in total. The van der Waals surface area contributed by atoms with Gasteiger partial charge < -0.3 is 10.6 Å². The van der Waals surface area contributed by atoms with Crippen molar-refractivity contribution in [3.05, 3.63) is 64.7 Å². The van der Waals surface area contributed by atoms with Crippen LogP contribution in [-0.4, -0.2) is 19.0 Å². The summed E-state index contributed by atoms with van der Waals surface area (Å²) in [5.74, 6) is -0.107. The highest BCUT2D eigenvalue weighted by Gasteiger charge is 2.04. The second-order valence-electron chi connectivity index (χ2n) is 5.14. The lowest BCUT2D eigenvalue weighted by Crippen LogP contribution is -2.28. The third-order valence-corrected chi connectivity index (χ3v) is 3.53. The maximum absolute atomic E-state index is 11.9. The molecule has 0 aromatic heterocycles. The zero-order chi connectivity index (χ0) is 15.8. The molecular weight excluding hydrogens is 296 g/mol. The lowest BCUT2D eigenvalue weighted by molar-refractivity contribution is 0.0955. The average molecular weight is 317 g/mol. The molecule has 2 aromatic rings. The Labute approximate surface area is 136 Å². The highest BCUT2D eigenvalue weighted by Crippen LogP contribution is 2.12. The Morgan fingerprint density at radius 3 is 2.68 bits per heavy atom. The molecule has 2 rings (SSSR count). The highest BCUT2D eigenvalue weighted by molar-refractivity contribution is 6.30. The molecule has 0 aliphatic heterocycles. The summed E-state index contributed by atoms with van der Waals surface area (Å²) >= 11 is 5.88. The van der Waals surface area contributed by atoms with Crippen LogP contribution < -0.4 is 10.6 Å². The zero-order valence-electron chi connectivity index (χ0n) is 12.7. The molecule has 22 heavy (non-hydrogen) atoms. The summed E-state index contributed by atoms with van der Waals surface area (Å²) in [6, 6.07) is 15.3. The molecule has 2 N–H and O–H groups in total. The van der Waals surface area contributed by atoms with Crippen molar-refractivity contribution in [1.82, 2.24) is 5.32 Å². The molecule has 0 saturated carbocycles. The minimum absolute atomic E-state index is 0.107. The lowest BCUT2D eigenvalue weighted by Gasteiger charge is -2.09. The van der Waals surface area contributed by atoms with Gasteiger partial charge in [-0.05, 0) is 42.3 Å². The van der Waals surface area contributed by atoms with Crippen molar-refractivity contribution >= 4 is 23.2 Å². The number of nitrogens with one attached hydrogen (secondary N) is 2. The zero-order valence-corrected chi connectivity index (χ0v) is 13.5. The first-order chi connectivity index (χ1) is 10.7. The van der Waals surface area contributed by atoms with Gasteiger partial charge in [0.25, 0.3) is 5.91 Å². The number of aryl methyl sites for hydroxylation is 1. The van der Waals surface area contributed by atoms with Crippen molar-refractivity contribution in [2.45, 2.75) is 19.8 Å². The quantitative estimate of drug-likeness (QED) is 0.754. The van der Waals surface area contributed by atoms with Gasteiger partial charge in [-0.1, -0.05) is 43.1 Å². The van der Waals surface area contributed by atoms with Gasteiger partial charge in [0.1, 0.15) is 0 Å². The Bertz CT molecular complexity index is 628. The molecule has 0 unspecified atom stereocenters. The molecule has 4 heteroatoms. The molecule has 0 radical (unpaired) electrons. The van der Waals surface area contributed by atoms with Gasteiger partial charge in [0, 0.05) is 29.4 Å². The number of halogens is 1. The predicted octanol–water partition coefficient (Wildman–Crippen LogP) is 4.13. The smallest absolute Gasteiger partial charge is 0.251 e. The Balaban J connectivity index is 1.77. The third-order valence-electron chi connectivity index (χ3n) is 3.29. The monoisotopic (exact) mass is 316 g/mol. The fourth-order valence-electron chi connectivity index (χ4n) is 2.24. The first-order valence-electron chi connectivity index (χ1n) is 7.55. The second-order valence-corrected chi connectivity index (χ2v) is 5.58. The highest BCUT2D eigenvalue weighted by atomic mass is 35.5. The van der Waals surface area contributed by atoms with Gasteiger partial charge in [-0.3, -0.25) is 4.79 Å². The minimum atomic E-state index is -0.107. The number of benzene rings is 2. The van der Waals surface area contributed by atoms with Crippen molar-refractivity contribution in [3.63, 3.8) is 0 Å². The van der Waals surface area contributed by atoms with Gasteiger partial charge in [0.15, 0.2) is 0 Å². The molecule has 0 heterocycles. The maximum Gasteiger partial charge on any atom is 0.251 e. The standard InChI is InChI=1S/C18H21ClN2O/c1-2-5-14-6-3-9-17(12-14)20-10-11-21-18(22)15-7-4-8-16(19)13-15/h3-4,6-9,12-13,20H,2,5,10-11H2,1H3,(H,21,22). The topological polar surface area (TPSA) is 41.1 Å². The van der Waals surface area contributed by atoms with Crippen LogP contribution in [0.25, 0.3) is 0 Å². The SMILES string of the molecule is CCCc1cccc(NCCNC(=O)c2cccc(Cl)c2)c1. The summed E-state index contributed by atoms with van der Waals surface area (Å²) in [4.78, 5) is 11.9. The van der Waals surface area contributed by atoms with Crippen LogP contribution in [0.5, 0.6) is 0 Å². The molecule has 0 saturated heterocycles. The fraction of sp³-hybridized carbons (Fsp3) is 0.278. The molecule has 0 bridgehead atoms. The number of hydrogen-bond acceptors (Lipinski definition) is 2. The van der Waals surface area contributed by atoms with Crippen LogP contribution in [-0.2, 0) is 6.42 Å². The number of carbonyl (C=O) groups is 1. The normalized spacial score (nSPS) is 10.3. The molecule has 0 aliphatic rings. The van der Waals surface area contributed by atoms with Crippen LogP contribution >= 0.6 is 11.6 Å². The van der Waals surface area contributed by atoms with E-state index in [2.05, 4.69) is 35.8 Å². The van der Waals surface area contributed by atoms with Crippen LogP contribution in [0, 0.1) is 0 Å². The maximum atomic E-state index is 11.9. The lowest BCUT2D eigenvalue weighted by atomic mass is 10.1. The van der Waals surface area contributed by atoms with Crippen molar-refractivity contribution in [2.75, 3.05) is 18.4 Å².